The fraction of sp³-hybridized carbons (Fsp3) is 0.429. The third-order valence-electron chi connectivity index (χ3n) is 3.69. The molecule has 1 unspecified atom stereocenters. The molecule has 1 fully saturated rings. The molecule has 1 aromatic heterocycles. The van der Waals surface area contributed by atoms with Gasteiger partial charge >= 0.3 is 0 Å². The van der Waals surface area contributed by atoms with Crippen molar-refractivity contribution in [3.05, 3.63) is 36.0 Å². The summed E-state index contributed by atoms with van der Waals surface area (Å²) in [6.45, 7) is 1.81. The summed E-state index contributed by atoms with van der Waals surface area (Å²) in [6.07, 6.45) is 5.77. The van der Waals surface area contributed by atoms with Crippen molar-refractivity contribution < 1.29 is 5.11 Å². The van der Waals surface area contributed by atoms with Crippen LogP contribution in [0.2, 0.25) is 0 Å². The predicted octanol–water partition coefficient (Wildman–Crippen LogP) is 3.42. The monoisotopic (exact) mass is 215 g/mol. The second-order valence-corrected chi connectivity index (χ2v) is 4.80. The number of rotatable bonds is 2. The summed E-state index contributed by atoms with van der Waals surface area (Å²) in [5.74, 6) is 0. The van der Waals surface area contributed by atoms with Crippen LogP contribution in [0.3, 0.4) is 0 Å². The van der Waals surface area contributed by atoms with Crippen LogP contribution in [-0.4, -0.2) is 9.67 Å². The van der Waals surface area contributed by atoms with E-state index in [4.69, 9.17) is 0 Å². The maximum Gasteiger partial charge on any atom is 0.0762 e. The summed E-state index contributed by atoms with van der Waals surface area (Å²) >= 11 is 0. The van der Waals surface area contributed by atoms with E-state index in [0.717, 1.165) is 5.56 Å². The van der Waals surface area contributed by atoms with Crippen LogP contribution in [0.5, 0.6) is 0 Å². The molecule has 0 bridgehead atoms. The number of aliphatic hydroxyl groups is 1. The second kappa shape index (κ2) is 3.63. The van der Waals surface area contributed by atoms with Crippen molar-refractivity contribution in [2.45, 2.75) is 38.3 Å². The van der Waals surface area contributed by atoms with E-state index in [1.807, 2.05) is 13.0 Å². The Hall–Kier alpha value is -1.28. The highest BCUT2D eigenvalue weighted by Crippen LogP contribution is 2.35. The Morgan fingerprint density at radius 3 is 2.75 bits per heavy atom. The molecule has 1 aliphatic rings. The molecule has 84 valence electrons. The molecule has 0 amide bonds. The molecule has 1 heterocycles. The number of aliphatic hydroxyl groups excluding tert-OH is 1. The Bertz CT molecular complexity index is 508. The quantitative estimate of drug-likeness (QED) is 0.815. The van der Waals surface area contributed by atoms with Crippen molar-refractivity contribution in [3.63, 3.8) is 0 Å². The Morgan fingerprint density at radius 1 is 1.31 bits per heavy atom. The average Bonchev–Trinajstić information content (AvgIpc) is 2.59. The largest absolute Gasteiger partial charge is 0.389 e. The summed E-state index contributed by atoms with van der Waals surface area (Å²) in [7, 11) is 0. The van der Waals surface area contributed by atoms with Gasteiger partial charge in [-0.25, -0.2) is 0 Å². The molecule has 0 radical (unpaired) electrons. The molecule has 0 saturated heterocycles. The van der Waals surface area contributed by atoms with Gasteiger partial charge in [0.15, 0.2) is 0 Å². The first kappa shape index (κ1) is 9.91. The minimum Gasteiger partial charge on any atom is -0.389 e. The zero-order valence-corrected chi connectivity index (χ0v) is 9.56. The molecular weight excluding hydrogens is 198 g/mol. The molecule has 3 rings (SSSR count). The van der Waals surface area contributed by atoms with Crippen molar-refractivity contribution in [2.24, 2.45) is 0 Å². The van der Waals surface area contributed by atoms with E-state index >= 15 is 0 Å². The Kier molecular flexibility index (Phi) is 2.25. The van der Waals surface area contributed by atoms with Crippen LogP contribution < -0.4 is 0 Å². The Labute approximate surface area is 95.5 Å². The molecular formula is C14H17NO. The maximum absolute atomic E-state index is 9.55. The number of fused-ring (bicyclic) bond motifs is 1. The highest BCUT2D eigenvalue weighted by molar-refractivity contribution is 5.81. The molecule has 1 atom stereocenters. The molecule has 16 heavy (non-hydrogen) atoms. The van der Waals surface area contributed by atoms with E-state index in [1.54, 1.807) is 0 Å². The standard InChI is InChI=1S/C14H17NO/c1-10(16)11-5-6-14-12(9-11)7-8-15(14)13-3-2-4-13/h5-10,13,16H,2-4H2,1H3. The minimum absolute atomic E-state index is 0.378. The van der Waals surface area contributed by atoms with Gasteiger partial charge in [-0.2, -0.15) is 0 Å². The lowest BCUT2D eigenvalue weighted by atomic mass is 9.93. The van der Waals surface area contributed by atoms with Gasteiger partial charge < -0.3 is 9.67 Å². The highest BCUT2D eigenvalue weighted by Gasteiger charge is 2.20. The van der Waals surface area contributed by atoms with Crippen molar-refractivity contribution >= 4 is 10.9 Å². The van der Waals surface area contributed by atoms with E-state index in [-0.39, 0.29) is 6.10 Å². The fourth-order valence-electron chi connectivity index (χ4n) is 2.43. The van der Waals surface area contributed by atoms with Crippen LogP contribution in [0.4, 0.5) is 0 Å². The zero-order chi connectivity index (χ0) is 11.1. The Morgan fingerprint density at radius 2 is 2.12 bits per heavy atom. The van der Waals surface area contributed by atoms with E-state index in [0.29, 0.717) is 6.04 Å². The molecule has 1 N–H and O–H groups in total. The summed E-state index contributed by atoms with van der Waals surface area (Å²) in [5.41, 5.74) is 2.30. The molecule has 1 aliphatic carbocycles. The van der Waals surface area contributed by atoms with Crippen LogP contribution >= 0.6 is 0 Å². The Balaban J connectivity index is 2.07. The molecule has 2 heteroatoms. The third-order valence-corrected chi connectivity index (χ3v) is 3.69. The average molecular weight is 215 g/mol. The van der Waals surface area contributed by atoms with Gasteiger partial charge in [0.25, 0.3) is 0 Å². The summed E-state index contributed by atoms with van der Waals surface area (Å²) in [4.78, 5) is 0. The number of aromatic nitrogens is 1. The smallest absolute Gasteiger partial charge is 0.0762 e. The lowest BCUT2D eigenvalue weighted by molar-refractivity contribution is 0.199. The first-order valence-corrected chi connectivity index (χ1v) is 6.04. The first-order valence-electron chi connectivity index (χ1n) is 6.04. The van der Waals surface area contributed by atoms with Crippen molar-refractivity contribution in [1.29, 1.82) is 0 Å². The topological polar surface area (TPSA) is 25.2 Å². The summed E-state index contributed by atoms with van der Waals surface area (Å²) < 4.78 is 2.38. The van der Waals surface area contributed by atoms with Crippen LogP contribution in [0, 0.1) is 0 Å². The van der Waals surface area contributed by atoms with E-state index in [9.17, 15) is 5.11 Å². The van der Waals surface area contributed by atoms with Crippen molar-refractivity contribution in [1.82, 2.24) is 4.57 Å². The number of hydrogen-bond donors (Lipinski definition) is 1. The van der Waals surface area contributed by atoms with Crippen LogP contribution in [-0.2, 0) is 0 Å². The molecule has 0 spiro atoms. The fourth-order valence-corrected chi connectivity index (χ4v) is 2.43. The SMILES string of the molecule is CC(O)c1ccc2c(ccn2C2CCC2)c1. The van der Waals surface area contributed by atoms with Gasteiger partial charge in [0, 0.05) is 17.8 Å². The van der Waals surface area contributed by atoms with Gasteiger partial charge in [0.2, 0.25) is 0 Å². The summed E-state index contributed by atoms with van der Waals surface area (Å²) in [6, 6.07) is 9.11. The van der Waals surface area contributed by atoms with Crippen LogP contribution in [0.15, 0.2) is 30.5 Å². The van der Waals surface area contributed by atoms with Gasteiger partial charge in [-0.15, -0.1) is 0 Å². The van der Waals surface area contributed by atoms with Gasteiger partial charge in [-0.1, -0.05) is 6.07 Å². The molecule has 0 aliphatic heterocycles. The zero-order valence-electron chi connectivity index (χ0n) is 9.56. The van der Waals surface area contributed by atoms with E-state index < -0.39 is 0 Å². The highest BCUT2D eigenvalue weighted by atomic mass is 16.3. The maximum atomic E-state index is 9.55. The molecule has 2 aromatic rings. The second-order valence-electron chi connectivity index (χ2n) is 4.80. The predicted molar refractivity (Wildman–Crippen MR) is 65.5 cm³/mol. The number of hydrogen-bond acceptors (Lipinski definition) is 1. The van der Waals surface area contributed by atoms with E-state index in [1.165, 1.54) is 30.2 Å². The third kappa shape index (κ3) is 1.45. The van der Waals surface area contributed by atoms with Crippen molar-refractivity contribution in [2.75, 3.05) is 0 Å². The van der Waals surface area contributed by atoms with Gasteiger partial charge in [0.1, 0.15) is 0 Å². The van der Waals surface area contributed by atoms with E-state index in [2.05, 4.69) is 29.0 Å². The van der Waals surface area contributed by atoms with Crippen LogP contribution in [0.25, 0.3) is 10.9 Å². The minimum atomic E-state index is -0.378. The van der Waals surface area contributed by atoms with Crippen LogP contribution in [0.1, 0.15) is 43.9 Å². The van der Waals surface area contributed by atoms with Gasteiger partial charge in [0.05, 0.1) is 6.10 Å². The lowest BCUT2D eigenvalue weighted by Gasteiger charge is -2.28. The lowest BCUT2D eigenvalue weighted by Crippen LogP contribution is -2.15. The molecule has 2 nitrogen and oxygen atoms in total. The molecule has 1 saturated carbocycles. The van der Waals surface area contributed by atoms with Gasteiger partial charge in [-0.3, -0.25) is 0 Å². The van der Waals surface area contributed by atoms with Gasteiger partial charge in [-0.05, 0) is 55.3 Å². The molecule has 1 aromatic carbocycles. The number of benzene rings is 1. The normalized spacial score (nSPS) is 18.6. The summed E-state index contributed by atoms with van der Waals surface area (Å²) in [5, 5.41) is 10.8. The van der Waals surface area contributed by atoms with Crippen molar-refractivity contribution in [3.8, 4) is 0 Å². The number of nitrogens with zero attached hydrogens (tertiary/aromatic N) is 1. The first-order chi connectivity index (χ1) is 7.75.